The monoisotopic (exact) mass is 896 g/mol. The Kier molecular flexibility index (Phi) is 18.0. The minimum atomic E-state index is 0.733. The van der Waals surface area contributed by atoms with Gasteiger partial charge in [-0.1, -0.05) is 154 Å². The molecule has 330 valence electrons. The number of benzene rings is 3. The zero-order valence-corrected chi connectivity index (χ0v) is 41.3. The van der Waals surface area contributed by atoms with Gasteiger partial charge in [-0.05, 0) is 80.3 Å². The lowest BCUT2D eigenvalue weighted by Gasteiger charge is -2.19. The first-order valence-electron chi connectivity index (χ1n) is 24.3. The molecule has 0 saturated carbocycles. The van der Waals surface area contributed by atoms with Crippen LogP contribution in [0.15, 0.2) is 42.5 Å². The van der Waals surface area contributed by atoms with E-state index in [1.165, 1.54) is 193 Å². The second-order valence-electron chi connectivity index (χ2n) is 17.6. The van der Waals surface area contributed by atoms with Crippen LogP contribution in [0.3, 0.4) is 0 Å². The first kappa shape index (κ1) is 46.2. The van der Waals surface area contributed by atoms with Gasteiger partial charge < -0.3 is 14.2 Å². The fourth-order valence-corrected chi connectivity index (χ4v) is 13.4. The van der Waals surface area contributed by atoms with Crippen molar-refractivity contribution in [3.63, 3.8) is 0 Å². The predicted molar refractivity (Wildman–Crippen MR) is 275 cm³/mol. The van der Waals surface area contributed by atoms with Crippen LogP contribution < -0.4 is 14.2 Å². The number of aryl methyl sites for hydroxylation is 2. The van der Waals surface area contributed by atoms with Crippen molar-refractivity contribution in [1.82, 2.24) is 0 Å². The van der Waals surface area contributed by atoms with Crippen molar-refractivity contribution in [3.8, 4) is 26.3 Å². The smallest absolute Gasteiger partial charge is 0.175 e. The molecule has 0 atom stereocenters. The van der Waals surface area contributed by atoms with Crippen molar-refractivity contribution >= 4 is 97.2 Å². The van der Waals surface area contributed by atoms with Crippen LogP contribution in [0.4, 0.5) is 0 Å². The van der Waals surface area contributed by atoms with E-state index in [0.29, 0.717) is 0 Å². The second-order valence-corrected chi connectivity index (χ2v) is 22.2. The fraction of sp³-hybridized carbons (Fsp3) is 0.556. The average Bonchev–Trinajstić information content (AvgIpc) is 4.04. The van der Waals surface area contributed by atoms with Gasteiger partial charge in [-0.3, -0.25) is 0 Å². The topological polar surface area (TPSA) is 27.7 Å². The quantitative estimate of drug-likeness (QED) is 0.0346. The molecule has 3 nitrogen and oxygen atoms in total. The van der Waals surface area contributed by atoms with Gasteiger partial charge in [-0.15, -0.1) is 34.0 Å². The highest BCUT2D eigenvalue weighted by molar-refractivity contribution is 7.30. The molecule has 0 saturated heterocycles. The van der Waals surface area contributed by atoms with E-state index < -0.39 is 0 Å². The Morgan fingerprint density at radius 3 is 1.36 bits per heavy atom. The summed E-state index contributed by atoms with van der Waals surface area (Å²) >= 11 is 7.55. The summed E-state index contributed by atoms with van der Waals surface area (Å²) < 4.78 is 24.3. The van der Waals surface area contributed by atoms with E-state index in [4.69, 9.17) is 14.2 Å². The van der Waals surface area contributed by atoms with E-state index in [1.807, 2.05) is 45.3 Å². The van der Waals surface area contributed by atoms with Crippen LogP contribution in [0.1, 0.15) is 172 Å². The summed E-state index contributed by atoms with van der Waals surface area (Å²) in [5.74, 6) is 2.04. The molecule has 61 heavy (non-hydrogen) atoms. The summed E-state index contributed by atoms with van der Waals surface area (Å²) in [5.41, 5.74) is 0. The maximum absolute atomic E-state index is 6.96. The van der Waals surface area contributed by atoms with Crippen LogP contribution in [-0.4, -0.2) is 19.8 Å². The Morgan fingerprint density at radius 1 is 0.393 bits per heavy atom. The highest BCUT2D eigenvalue weighted by Gasteiger charge is 2.22. The Morgan fingerprint density at radius 2 is 0.836 bits per heavy atom. The summed E-state index contributed by atoms with van der Waals surface area (Å²) in [6.45, 7) is 13.6. The maximum atomic E-state index is 6.96. The Balaban J connectivity index is 1.16. The van der Waals surface area contributed by atoms with Gasteiger partial charge >= 0.3 is 0 Å². The number of ether oxygens (including phenoxy) is 3. The molecule has 7 rings (SSSR count). The molecule has 0 aliphatic carbocycles. The molecule has 0 radical (unpaired) electrons. The molecule has 0 aliphatic heterocycles. The van der Waals surface area contributed by atoms with Crippen LogP contribution >= 0.6 is 45.3 Å². The first-order chi connectivity index (χ1) is 30.0. The van der Waals surface area contributed by atoms with Gasteiger partial charge in [0.15, 0.2) is 5.06 Å². The largest absolute Gasteiger partial charge is 0.492 e. The molecule has 0 fully saturated rings. The molecule has 7 heteroatoms. The van der Waals surface area contributed by atoms with Crippen LogP contribution in [0.5, 0.6) is 16.6 Å². The number of rotatable bonds is 29. The van der Waals surface area contributed by atoms with Crippen molar-refractivity contribution in [2.45, 2.75) is 176 Å². The molecule has 7 aromatic rings. The summed E-state index contributed by atoms with van der Waals surface area (Å²) in [6, 6.07) is 16.7. The van der Waals surface area contributed by atoms with Gasteiger partial charge in [0.25, 0.3) is 0 Å². The van der Waals surface area contributed by atoms with E-state index in [1.54, 1.807) is 0 Å². The minimum absolute atomic E-state index is 0.733. The third-order valence-corrected chi connectivity index (χ3v) is 17.1. The Labute approximate surface area is 383 Å². The lowest BCUT2D eigenvalue weighted by Crippen LogP contribution is -2.02. The van der Waals surface area contributed by atoms with Gasteiger partial charge in [0.2, 0.25) is 0 Å². The molecular weight excluding hydrogens is 825 g/mol. The van der Waals surface area contributed by atoms with E-state index in [0.717, 1.165) is 55.6 Å². The van der Waals surface area contributed by atoms with Crippen molar-refractivity contribution in [2.24, 2.45) is 0 Å². The third kappa shape index (κ3) is 12.0. The van der Waals surface area contributed by atoms with E-state index in [2.05, 4.69) is 77.1 Å². The van der Waals surface area contributed by atoms with Crippen molar-refractivity contribution < 1.29 is 14.2 Å². The fourth-order valence-electron chi connectivity index (χ4n) is 8.95. The highest BCUT2D eigenvalue weighted by Crippen LogP contribution is 2.51. The molecule has 3 aromatic carbocycles. The molecule has 0 N–H and O–H groups in total. The van der Waals surface area contributed by atoms with Gasteiger partial charge in [0, 0.05) is 57.0 Å². The summed E-state index contributed by atoms with van der Waals surface area (Å²) in [6.07, 6.45) is 28.4. The van der Waals surface area contributed by atoms with Crippen LogP contribution in [0.2, 0.25) is 0 Å². The van der Waals surface area contributed by atoms with Gasteiger partial charge in [-0.2, -0.15) is 0 Å². The first-order valence-corrected chi connectivity index (χ1v) is 27.5. The molecule has 0 bridgehead atoms. The number of unbranched alkanes of at least 4 members (excludes halogenated alkanes) is 19. The number of hydrogen-bond donors (Lipinski definition) is 0. The second kappa shape index (κ2) is 23.7. The van der Waals surface area contributed by atoms with Gasteiger partial charge in [0.05, 0.1) is 29.4 Å². The number of hydrogen-bond acceptors (Lipinski definition) is 7. The zero-order valence-electron chi connectivity index (χ0n) is 38.1. The summed E-state index contributed by atoms with van der Waals surface area (Å²) in [7, 11) is 0. The number of fused-ring (bicyclic) bond motifs is 5. The Bertz CT molecular complexity index is 2310. The summed E-state index contributed by atoms with van der Waals surface area (Å²) in [5, 5.41) is 9.68. The standard InChI is InChI=1S/C54H72O3S4/c1-6-9-12-15-18-19-20-21-24-25-28-55-50-37-46-53(61-50)39(5)59-54(46)49-34-41-33-43-45(36-48(41)60-49)51(56-29-26-22-16-13-10-7-2)42-32-40-31-38(4)58-47(40)35-44(42)52(43)57-30-27-23-17-14-11-8-3/h31-37H,6-30H2,1-5H3. The van der Waals surface area contributed by atoms with Gasteiger partial charge in [0.1, 0.15) is 11.5 Å². The SMILES string of the molecule is CCCCCCCCCCCCOc1cc2c(-c3cc4cc5c(OCCCCCCCC)c6cc7sc(C)cc7cc6c(OCCCCCCCC)c5cc4s3)sc(C)c2s1. The highest BCUT2D eigenvalue weighted by atomic mass is 32.1. The predicted octanol–water partition coefficient (Wildman–Crippen LogP) is 19.8. The normalized spacial score (nSPS) is 12.0. The molecule has 0 spiro atoms. The van der Waals surface area contributed by atoms with E-state index in [-0.39, 0.29) is 0 Å². The minimum Gasteiger partial charge on any atom is -0.492 e. The maximum Gasteiger partial charge on any atom is 0.175 e. The van der Waals surface area contributed by atoms with Crippen molar-refractivity contribution in [1.29, 1.82) is 0 Å². The molecule has 0 amide bonds. The lowest BCUT2D eigenvalue weighted by molar-refractivity contribution is 0.306. The molecule has 4 aromatic heterocycles. The zero-order chi connectivity index (χ0) is 42.4. The third-order valence-electron chi connectivity index (χ3n) is 12.4. The molecule has 0 unspecified atom stereocenters. The molecule has 0 aliphatic rings. The van der Waals surface area contributed by atoms with Crippen LogP contribution in [0.25, 0.3) is 61.6 Å². The average molecular weight is 897 g/mol. The molecule has 4 heterocycles. The van der Waals surface area contributed by atoms with Gasteiger partial charge in [-0.25, -0.2) is 0 Å². The van der Waals surface area contributed by atoms with Crippen LogP contribution in [0, 0.1) is 13.8 Å². The lowest BCUT2D eigenvalue weighted by atomic mass is 9.98. The van der Waals surface area contributed by atoms with Crippen molar-refractivity contribution in [3.05, 3.63) is 52.2 Å². The van der Waals surface area contributed by atoms with E-state index in [9.17, 15) is 0 Å². The number of thiophene rings is 4. The van der Waals surface area contributed by atoms with Crippen LogP contribution in [-0.2, 0) is 0 Å². The Hall–Kier alpha value is -2.84. The molecular formula is C54H72O3S4. The summed E-state index contributed by atoms with van der Waals surface area (Å²) in [4.78, 5) is 5.41. The van der Waals surface area contributed by atoms with Crippen molar-refractivity contribution in [2.75, 3.05) is 19.8 Å². The van der Waals surface area contributed by atoms with E-state index >= 15 is 0 Å².